The number of rotatable bonds is 7. The lowest BCUT2D eigenvalue weighted by atomic mass is 10.1. The van der Waals surface area contributed by atoms with Crippen LogP contribution in [0, 0.1) is 6.92 Å². The number of carbonyl (C=O) groups is 2. The van der Waals surface area contributed by atoms with E-state index in [9.17, 15) is 18.0 Å². The van der Waals surface area contributed by atoms with Gasteiger partial charge in [0, 0.05) is 44.0 Å². The average molecular weight is 475 g/mol. The van der Waals surface area contributed by atoms with Crippen molar-refractivity contribution in [1.29, 1.82) is 0 Å². The minimum Gasteiger partial charge on any atom is -0.336 e. The van der Waals surface area contributed by atoms with Crippen molar-refractivity contribution in [1.82, 2.24) is 24.3 Å². The first kappa shape index (κ1) is 23.2. The maximum atomic E-state index is 13.2. The van der Waals surface area contributed by atoms with Crippen molar-refractivity contribution in [3.8, 4) is 0 Å². The number of carbonyl (C=O) groups excluding carboxylic acids is 2. The summed E-state index contributed by atoms with van der Waals surface area (Å²) in [5.74, 6) is -0.394. The van der Waals surface area contributed by atoms with Gasteiger partial charge in [0.1, 0.15) is 0 Å². The summed E-state index contributed by atoms with van der Waals surface area (Å²) >= 11 is 0. The molecule has 2 aromatic rings. The zero-order valence-corrected chi connectivity index (χ0v) is 19.8. The molecule has 2 aliphatic rings. The van der Waals surface area contributed by atoms with Gasteiger partial charge in [-0.05, 0) is 44.4 Å². The summed E-state index contributed by atoms with van der Waals surface area (Å²) in [5, 5.41) is 9.79. The van der Waals surface area contributed by atoms with E-state index in [2.05, 4.69) is 15.7 Å². The molecule has 0 unspecified atom stereocenters. The molecule has 0 spiro atoms. The Hall–Kier alpha value is -2.92. The van der Waals surface area contributed by atoms with Crippen molar-refractivity contribution in [3.05, 3.63) is 41.7 Å². The first-order chi connectivity index (χ1) is 15.8. The number of sulfonamides is 1. The topological polar surface area (TPSA) is 117 Å². The van der Waals surface area contributed by atoms with Crippen LogP contribution in [0.5, 0.6) is 0 Å². The minimum absolute atomic E-state index is 0.0557. The number of hydrogen-bond donors (Lipinski definition) is 2. The van der Waals surface area contributed by atoms with E-state index in [1.54, 1.807) is 34.8 Å². The van der Waals surface area contributed by atoms with E-state index >= 15 is 0 Å². The van der Waals surface area contributed by atoms with Gasteiger partial charge in [-0.2, -0.15) is 9.40 Å². The van der Waals surface area contributed by atoms with Gasteiger partial charge in [0.25, 0.3) is 5.91 Å². The normalized spacial score (nSPS) is 19.5. The van der Waals surface area contributed by atoms with E-state index < -0.39 is 15.9 Å². The van der Waals surface area contributed by atoms with Crippen LogP contribution in [0.25, 0.3) is 0 Å². The Kier molecular flexibility index (Phi) is 6.71. The molecule has 4 rings (SSSR count). The number of nitrogens with zero attached hydrogens (tertiary/aromatic N) is 4. The molecule has 2 saturated heterocycles. The number of urea groups is 1. The molecule has 33 heavy (non-hydrogen) atoms. The van der Waals surface area contributed by atoms with Crippen LogP contribution in [0.15, 0.2) is 35.5 Å². The van der Waals surface area contributed by atoms with Crippen LogP contribution >= 0.6 is 0 Å². The Morgan fingerprint density at radius 3 is 2.79 bits per heavy atom. The molecule has 178 valence electrons. The predicted octanol–water partition coefficient (Wildman–Crippen LogP) is 2.03. The zero-order valence-electron chi connectivity index (χ0n) is 19.0. The number of aryl methyl sites for hydroxylation is 1. The van der Waals surface area contributed by atoms with Gasteiger partial charge in [0.2, 0.25) is 10.0 Å². The van der Waals surface area contributed by atoms with E-state index in [1.165, 1.54) is 16.6 Å². The van der Waals surface area contributed by atoms with Crippen LogP contribution in [0.3, 0.4) is 0 Å². The first-order valence-electron chi connectivity index (χ1n) is 11.2. The van der Waals surface area contributed by atoms with E-state index in [0.717, 1.165) is 19.3 Å². The maximum Gasteiger partial charge on any atom is 0.317 e. The van der Waals surface area contributed by atoms with E-state index in [1.807, 2.05) is 6.92 Å². The third kappa shape index (κ3) is 5.03. The molecule has 2 aliphatic heterocycles. The molecule has 1 aromatic carbocycles. The highest BCUT2D eigenvalue weighted by molar-refractivity contribution is 7.89. The van der Waals surface area contributed by atoms with Gasteiger partial charge >= 0.3 is 6.03 Å². The fourth-order valence-corrected chi connectivity index (χ4v) is 5.99. The second-order valence-electron chi connectivity index (χ2n) is 8.60. The number of piperidine rings is 1. The lowest BCUT2D eigenvalue weighted by Crippen LogP contribution is -2.42. The number of amides is 3. The first-order valence-corrected chi connectivity index (χ1v) is 12.7. The predicted molar refractivity (Wildman–Crippen MR) is 124 cm³/mol. The standard InChI is InChI=1S/C22H30N6O4S/c1-16-6-7-19(33(31,32)28-9-4-3-5-17(28)2)13-20(16)21(29)25-18-14-24-27(15-18)12-11-26-10-8-23-22(26)30/h6-7,13-15,17H,3-5,8-12H2,1-2H3,(H,23,30)(H,25,29)/t17-/m0/s1. The summed E-state index contributed by atoms with van der Waals surface area (Å²) in [4.78, 5) is 26.4. The number of benzene rings is 1. The van der Waals surface area contributed by atoms with Gasteiger partial charge < -0.3 is 15.5 Å². The van der Waals surface area contributed by atoms with Crippen molar-refractivity contribution in [2.75, 3.05) is 31.5 Å². The maximum absolute atomic E-state index is 13.2. The van der Waals surface area contributed by atoms with Gasteiger partial charge in [-0.1, -0.05) is 12.5 Å². The highest BCUT2D eigenvalue weighted by atomic mass is 32.2. The van der Waals surface area contributed by atoms with E-state index in [-0.39, 0.29) is 17.0 Å². The molecule has 2 fully saturated rings. The fraction of sp³-hybridized carbons (Fsp3) is 0.500. The van der Waals surface area contributed by atoms with Crippen LogP contribution in [0.4, 0.5) is 10.5 Å². The Labute approximate surface area is 194 Å². The van der Waals surface area contributed by atoms with Gasteiger partial charge in [0.05, 0.1) is 23.3 Å². The summed E-state index contributed by atoms with van der Waals surface area (Å²) in [6, 6.07) is 4.55. The molecule has 0 bridgehead atoms. The van der Waals surface area contributed by atoms with Crippen LogP contribution < -0.4 is 10.6 Å². The monoisotopic (exact) mass is 474 g/mol. The lowest BCUT2D eigenvalue weighted by Gasteiger charge is -2.32. The molecule has 0 saturated carbocycles. The van der Waals surface area contributed by atoms with Crippen molar-refractivity contribution < 1.29 is 18.0 Å². The van der Waals surface area contributed by atoms with Crippen LogP contribution in [0.1, 0.15) is 42.1 Å². The number of anilines is 1. The molecule has 1 aromatic heterocycles. The second kappa shape index (κ2) is 9.52. The van der Waals surface area contributed by atoms with Gasteiger partial charge in [-0.15, -0.1) is 0 Å². The minimum atomic E-state index is -3.67. The Morgan fingerprint density at radius 1 is 1.24 bits per heavy atom. The van der Waals surface area contributed by atoms with E-state index in [0.29, 0.717) is 49.5 Å². The summed E-state index contributed by atoms with van der Waals surface area (Å²) in [7, 11) is -3.67. The molecule has 10 nitrogen and oxygen atoms in total. The number of hydrogen-bond acceptors (Lipinski definition) is 5. The van der Waals surface area contributed by atoms with Crippen molar-refractivity contribution in [2.45, 2.75) is 50.6 Å². The molecule has 11 heteroatoms. The SMILES string of the molecule is Cc1ccc(S(=O)(=O)N2CCCC[C@@H]2C)cc1C(=O)Nc1cnn(CCN2CCNC2=O)c1. The zero-order chi connectivity index (χ0) is 23.6. The third-order valence-electron chi connectivity index (χ3n) is 6.24. The summed E-state index contributed by atoms with van der Waals surface area (Å²) in [6.07, 6.45) is 5.93. The van der Waals surface area contributed by atoms with Gasteiger partial charge in [-0.3, -0.25) is 9.48 Å². The van der Waals surface area contributed by atoms with Crippen LogP contribution in [-0.2, 0) is 16.6 Å². The molecule has 0 aliphatic carbocycles. The molecule has 3 amide bonds. The van der Waals surface area contributed by atoms with Crippen molar-refractivity contribution in [3.63, 3.8) is 0 Å². The summed E-state index contributed by atoms with van der Waals surface area (Å²) in [6.45, 7) is 6.53. The summed E-state index contributed by atoms with van der Waals surface area (Å²) in [5.41, 5.74) is 1.50. The molecular weight excluding hydrogens is 444 g/mol. The molecule has 1 atom stereocenters. The number of nitrogens with one attached hydrogen (secondary N) is 2. The highest BCUT2D eigenvalue weighted by Crippen LogP contribution is 2.26. The molecule has 3 heterocycles. The quantitative estimate of drug-likeness (QED) is 0.637. The summed E-state index contributed by atoms with van der Waals surface area (Å²) < 4.78 is 29.6. The largest absolute Gasteiger partial charge is 0.336 e. The average Bonchev–Trinajstić information content (AvgIpc) is 3.40. The highest BCUT2D eigenvalue weighted by Gasteiger charge is 2.31. The number of aromatic nitrogens is 2. The van der Waals surface area contributed by atoms with Crippen LogP contribution in [0.2, 0.25) is 0 Å². The lowest BCUT2D eigenvalue weighted by molar-refractivity contribution is 0.102. The molecular formula is C22H30N6O4S. The fourth-order valence-electron chi connectivity index (χ4n) is 4.27. The third-order valence-corrected chi connectivity index (χ3v) is 8.25. The Bertz CT molecular complexity index is 1150. The van der Waals surface area contributed by atoms with Gasteiger partial charge in [-0.25, -0.2) is 13.2 Å². The Morgan fingerprint density at radius 2 is 2.06 bits per heavy atom. The Balaban J connectivity index is 1.45. The smallest absolute Gasteiger partial charge is 0.317 e. The van der Waals surface area contributed by atoms with Gasteiger partial charge in [0.15, 0.2) is 0 Å². The van der Waals surface area contributed by atoms with Crippen molar-refractivity contribution >= 4 is 27.6 Å². The van der Waals surface area contributed by atoms with Crippen molar-refractivity contribution in [2.24, 2.45) is 0 Å². The molecule has 2 N–H and O–H groups in total. The van der Waals surface area contributed by atoms with E-state index in [4.69, 9.17) is 0 Å². The second-order valence-corrected chi connectivity index (χ2v) is 10.5. The van der Waals surface area contributed by atoms with Crippen LogP contribution in [-0.4, -0.2) is 71.6 Å². The molecule has 0 radical (unpaired) electrons.